The summed E-state index contributed by atoms with van der Waals surface area (Å²) in [6.07, 6.45) is 4.49. The van der Waals surface area contributed by atoms with Crippen LogP contribution in [0.3, 0.4) is 0 Å². The Morgan fingerprint density at radius 1 is 1.08 bits per heavy atom. The molecule has 0 aromatic heterocycles. The van der Waals surface area contributed by atoms with Crippen molar-refractivity contribution in [3.63, 3.8) is 0 Å². The van der Waals surface area contributed by atoms with Gasteiger partial charge in [-0.2, -0.15) is 0 Å². The van der Waals surface area contributed by atoms with Gasteiger partial charge < -0.3 is 20.3 Å². The van der Waals surface area contributed by atoms with Gasteiger partial charge in [-0.25, -0.2) is 14.9 Å². The summed E-state index contributed by atoms with van der Waals surface area (Å²) in [5, 5.41) is 13.8. The number of Topliss-reactive ketones (excluding diaryl/α,β-unsaturated/α-hetero) is 1. The van der Waals surface area contributed by atoms with Crippen molar-refractivity contribution in [1.82, 2.24) is 5.32 Å². The molecule has 202 valence electrons. The molecule has 0 aromatic rings. The van der Waals surface area contributed by atoms with Crippen LogP contribution in [0.2, 0.25) is 0 Å². The first-order valence-electron chi connectivity index (χ1n) is 13.7. The molecule has 0 aromatic carbocycles. The number of aliphatic hydroxyl groups is 1. The van der Waals surface area contributed by atoms with E-state index in [9.17, 15) is 19.5 Å². The molecule has 4 saturated carbocycles. The highest BCUT2D eigenvalue weighted by Gasteiger charge is 2.68. The minimum Gasteiger partial charge on any atom is -0.446 e. The summed E-state index contributed by atoms with van der Waals surface area (Å²) >= 11 is 0. The van der Waals surface area contributed by atoms with E-state index in [1.165, 1.54) is 0 Å². The molecule has 8 nitrogen and oxygen atoms in total. The number of nitrogens with one attached hydrogen (secondary N) is 1. The molecule has 36 heavy (non-hydrogen) atoms. The number of ether oxygens (including phenoxy) is 2. The number of hydrogen-bond donors (Lipinski definition) is 3. The van der Waals surface area contributed by atoms with Gasteiger partial charge in [0.05, 0.1) is 6.10 Å². The van der Waals surface area contributed by atoms with E-state index in [1.807, 2.05) is 6.92 Å². The van der Waals surface area contributed by atoms with Crippen molar-refractivity contribution in [3.8, 4) is 0 Å². The Balaban J connectivity index is 1.59. The predicted octanol–water partition coefficient (Wildman–Crippen LogP) is 4.48. The van der Waals surface area contributed by atoms with Crippen LogP contribution in [0.4, 0.5) is 9.59 Å². The third-order valence-corrected chi connectivity index (χ3v) is 10.7. The number of nitrogens with two attached hydrogens (primary N) is 1. The van der Waals surface area contributed by atoms with Gasteiger partial charge in [0, 0.05) is 29.2 Å². The molecule has 4 fully saturated rings. The van der Waals surface area contributed by atoms with Crippen LogP contribution in [0.15, 0.2) is 12.7 Å². The van der Waals surface area contributed by atoms with Crippen molar-refractivity contribution in [1.29, 1.82) is 0 Å². The SMILES string of the molecule is C=C[C@]1(C)C[C@@H](OC(=O)NC(=O)OC2CCC(N)CC2)[C@@]2(C)[C@@H]3C(=O)CC[C@@]3(CC[C@@H]2C)[C@@H](C)[C@@H]1O. The standard InChI is InChI=1S/C28H44N2O6/c1-6-26(4)15-21(36-25(34)30-24(33)35-19-9-7-18(29)8-10-19)27(5)16(2)11-13-28(17(3)23(26)32)14-12-20(31)22(27)28/h6,16-19,21-23,32H,1,7-15,29H2,2-5H3,(H,30,33,34)/t16-,17-,18?,19?,21+,22-,23-,26+,27-,28-/m0/s1. The van der Waals surface area contributed by atoms with Crippen LogP contribution >= 0.6 is 0 Å². The summed E-state index contributed by atoms with van der Waals surface area (Å²) in [5.41, 5.74) is 4.21. The van der Waals surface area contributed by atoms with Crippen molar-refractivity contribution < 1.29 is 29.0 Å². The Morgan fingerprint density at radius 2 is 1.72 bits per heavy atom. The molecule has 0 saturated heterocycles. The fraction of sp³-hybridized carbons (Fsp3) is 0.821. The maximum absolute atomic E-state index is 13.4. The highest BCUT2D eigenvalue weighted by molar-refractivity contribution is 5.88. The summed E-state index contributed by atoms with van der Waals surface area (Å²) < 4.78 is 11.4. The number of carbonyl (C=O) groups is 3. The largest absolute Gasteiger partial charge is 0.446 e. The highest BCUT2D eigenvalue weighted by atomic mass is 16.6. The van der Waals surface area contributed by atoms with Crippen molar-refractivity contribution >= 4 is 18.0 Å². The third-order valence-electron chi connectivity index (χ3n) is 10.7. The highest BCUT2D eigenvalue weighted by Crippen LogP contribution is 2.67. The van der Waals surface area contributed by atoms with E-state index in [1.54, 1.807) is 6.08 Å². The van der Waals surface area contributed by atoms with Crippen LogP contribution in [0.25, 0.3) is 0 Å². The second-order valence-corrected chi connectivity index (χ2v) is 12.5. The van der Waals surface area contributed by atoms with Gasteiger partial charge in [0.2, 0.25) is 0 Å². The molecule has 8 heteroatoms. The first-order valence-corrected chi connectivity index (χ1v) is 13.7. The zero-order valence-electron chi connectivity index (χ0n) is 22.3. The number of aliphatic hydroxyl groups excluding tert-OH is 1. The molecule has 0 unspecified atom stereocenters. The van der Waals surface area contributed by atoms with Crippen molar-refractivity contribution in [3.05, 3.63) is 12.7 Å². The molecular formula is C28H44N2O6. The van der Waals surface area contributed by atoms with Crippen molar-refractivity contribution in [2.24, 2.45) is 39.7 Å². The molecule has 4 rings (SSSR count). The Hall–Kier alpha value is -1.93. The quantitative estimate of drug-likeness (QED) is 0.483. The molecule has 2 bridgehead atoms. The normalized spacial score (nSPS) is 46.6. The molecule has 0 radical (unpaired) electrons. The Morgan fingerprint density at radius 3 is 2.36 bits per heavy atom. The number of alkyl carbamates (subject to hydrolysis) is 2. The average molecular weight is 505 g/mol. The van der Waals surface area contributed by atoms with E-state index < -0.39 is 35.2 Å². The van der Waals surface area contributed by atoms with E-state index in [2.05, 4.69) is 32.7 Å². The summed E-state index contributed by atoms with van der Waals surface area (Å²) in [5.74, 6) is -0.110. The summed E-state index contributed by atoms with van der Waals surface area (Å²) in [6.45, 7) is 12.2. The lowest BCUT2D eigenvalue weighted by atomic mass is 9.44. The molecule has 2 amide bonds. The molecule has 4 aliphatic carbocycles. The van der Waals surface area contributed by atoms with E-state index in [0.29, 0.717) is 25.7 Å². The van der Waals surface area contributed by atoms with Crippen LogP contribution < -0.4 is 11.1 Å². The molecule has 0 aliphatic heterocycles. The van der Waals surface area contributed by atoms with Gasteiger partial charge >= 0.3 is 12.2 Å². The van der Waals surface area contributed by atoms with Crippen molar-refractivity contribution in [2.75, 3.05) is 0 Å². The Bertz CT molecular complexity index is 900. The second kappa shape index (κ2) is 9.75. The summed E-state index contributed by atoms with van der Waals surface area (Å²) in [7, 11) is 0. The first kappa shape index (κ1) is 27.1. The van der Waals surface area contributed by atoms with Crippen LogP contribution in [0.5, 0.6) is 0 Å². The Labute approximate surface area is 214 Å². The number of ketones is 1. The molecule has 4 N–H and O–H groups in total. The van der Waals surface area contributed by atoms with Crippen molar-refractivity contribution in [2.45, 2.75) is 110 Å². The lowest BCUT2D eigenvalue weighted by molar-refractivity contribution is -0.191. The van der Waals surface area contributed by atoms with E-state index in [0.717, 1.165) is 32.1 Å². The monoisotopic (exact) mass is 504 g/mol. The van der Waals surface area contributed by atoms with Crippen LogP contribution in [-0.2, 0) is 14.3 Å². The van der Waals surface area contributed by atoms with Gasteiger partial charge in [-0.05, 0) is 68.6 Å². The van der Waals surface area contributed by atoms with Gasteiger partial charge in [0.15, 0.2) is 0 Å². The molecular weight excluding hydrogens is 460 g/mol. The zero-order chi connectivity index (χ0) is 26.5. The zero-order valence-corrected chi connectivity index (χ0v) is 22.3. The lowest BCUT2D eigenvalue weighted by Crippen LogP contribution is -2.63. The maximum atomic E-state index is 13.4. The van der Waals surface area contributed by atoms with Gasteiger partial charge in [-0.3, -0.25) is 4.79 Å². The summed E-state index contributed by atoms with van der Waals surface area (Å²) in [4.78, 5) is 38.9. The fourth-order valence-corrected chi connectivity index (χ4v) is 8.13. The van der Waals surface area contributed by atoms with Gasteiger partial charge in [-0.1, -0.05) is 33.8 Å². The second-order valence-electron chi connectivity index (χ2n) is 12.5. The van der Waals surface area contributed by atoms with E-state index >= 15 is 0 Å². The minimum absolute atomic E-state index is 0.0999. The van der Waals surface area contributed by atoms with Gasteiger partial charge in [-0.15, -0.1) is 6.58 Å². The topological polar surface area (TPSA) is 128 Å². The lowest BCUT2D eigenvalue weighted by Gasteiger charge is -2.61. The minimum atomic E-state index is -0.887. The number of rotatable bonds is 3. The van der Waals surface area contributed by atoms with Gasteiger partial charge in [0.25, 0.3) is 0 Å². The van der Waals surface area contributed by atoms with Crippen LogP contribution in [0.1, 0.15) is 85.5 Å². The van der Waals surface area contributed by atoms with Crippen LogP contribution in [-0.4, -0.2) is 47.4 Å². The van der Waals surface area contributed by atoms with E-state index in [4.69, 9.17) is 15.2 Å². The number of hydrogen-bond acceptors (Lipinski definition) is 7. The molecule has 8 atom stereocenters. The molecule has 4 aliphatic rings. The smallest absolute Gasteiger partial charge is 0.416 e. The van der Waals surface area contributed by atoms with Crippen LogP contribution in [0, 0.1) is 34.0 Å². The number of amides is 2. The predicted molar refractivity (Wildman–Crippen MR) is 135 cm³/mol. The fourth-order valence-electron chi connectivity index (χ4n) is 8.13. The van der Waals surface area contributed by atoms with E-state index in [-0.39, 0.29) is 41.1 Å². The summed E-state index contributed by atoms with van der Waals surface area (Å²) in [6, 6.07) is 0.123. The molecule has 0 spiro atoms. The molecule has 0 heterocycles. The maximum Gasteiger partial charge on any atom is 0.416 e. The Kier molecular flexibility index (Phi) is 7.34. The third kappa shape index (κ3) is 4.38. The number of carbonyl (C=O) groups excluding carboxylic acids is 3. The van der Waals surface area contributed by atoms with Gasteiger partial charge in [0.1, 0.15) is 18.0 Å². The first-order chi connectivity index (χ1) is 16.9. The number of imide groups is 1. The average Bonchev–Trinajstić information content (AvgIpc) is 3.19.